The Morgan fingerprint density at radius 2 is 2.04 bits per heavy atom. The third-order valence-electron chi connectivity index (χ3n) is 4.24. The molecule has 0 fully saturated rings. The summed E-state index contributed by atoms with van der Waals surface area (Å²) in [5, 5.41) is 0. The Hall–Kier alpha value is -2.44. The minimum atomic E-state index is 0.662. The lowest BCUT2D eigenvalue weighted by Gasteiger charge is -2.28. The molecule has 1 N–H and O–H groups in total. The molecular weight excluding hydrogens is 318 g/mol. The summed E-state index contributed by atoms with van der Waals surface area (Å²) >= 11 is 5.54. The molecule has 0 amide bonds. The van der Waals surface area contributed by atoms with Crippen molar-refractivity contribution in [3.05, 3.63) is 70.4 Å². The van der Waals surface area contributed by atoms with Crippen molar-refractivity contribution in [1.29, 1.82) is 0 Å². The molecule has 1 aliphatic heterocycles. The molecule has 1 aromatic carbocycles. The largest absolute Gasteiger partial charge is 0.341 e. The molecule has 4 rings (SSSR count). The van der Waals surface area contributed by atoms with Crippen LogP contribution in [0.25, 0.3) is 11.5 Å². The summed E-state index contributed by atoms with van der Waals surface area (Å²) in [4.78, 5) is 18.6. The van der Waals surface area contributed by atoms with Crippen molar-refractivity contribution < 1.29 is 0 Å². The van der Waals surface area contributed by atoms with Gasteiger partial charge in [-0.3, -0.25) is 4.90 Å². The number of hydrogen-bond donors (Lipinski definition) is 1. The predicted octanol–water partition coefficient (Wildman–Crippen LogP) is 3.15. The van der Waals surface area contributed by atoms with Crippen molar-refractivity contribution in [2.75, 3.05) is 6.54 Å². The van der Waals surface area contributed by atoms with Gasteiger partial charge in [0.15, 0.2) is 5.82 Å². The van der Waals surface area contributed by atoms with Gasteiger partial charge in [0, 0.05) is 43.5 Å². The second-order valence-electron chi connectivity index (χ2n) is 5.89. The highest BCUT2D eigenvalue weighted by molar-refractivity contribution is 7.71. The highest BCUT2D eigenvalue weighted by atomic mass is 32.1. The summed E-state index contributed by atoms with van der Waals surface area (Å²) in [5.74, 6) is 0.720. The molecule has 0 unspecified atom stereocenters. The summed E-state index contributed by atoms with van der Waals surface area (Å²) in [6, 6.07) is 12.4. The van der Waals surface area contributed by atoms with Crippen molar-refractivity contribution in [3.8, 4) is 11.5 Å². The van der Waals surface area contributed by atoms with Gasteiger partial charge in [-0.25, -0.2) is 15.0 Å². The fraction of sp³-hybridized carbons (Fsp3) is 0.222. The molecule has 3 aromatic rings. The molecule has 24 heavy (non-hydrogen) atoms. The lowest BCUT2D eigenvalue weighted by atomic mass is 10.1. The van der Waals surface area contributed by atoms with Crippen LogP contribution in [0.4, 0.5) is 0 Å². The highest BCUT2D eigenvalue weighted by Gasteiger charge is 2.20. The van der Waals surface area contributed by atoms with Crippen molar-refractivity contribution in [3.63, 3.8) is 0 Å². The monoisotopic (exact) mass is 335 g/mol. The van der Waals surface area contributed by atoms with Crippen LogP contribution in [0.1, 0.15) is 16.8 Å². The predicted molar refractivity (Wildman–Crippen MR) is 94.7 cm³/mol. The first kappa shape index (κ1) is 15.1. The van der Waals surface area contributed by atoms with E-state index in [2.05, 4.69) is 49.1 Å². The minimum Gasteiger partial charge on any atom is -0.341 e. The van der Waals surface area contributed by atoms with Gasteiger partial charge in [-0.1, -0.05) is 42.5 Å². The van der Waals surface area contributed by atoms with Gasteiger partial charge in [0.25, 0.3) is 0 Å². The number of rotatable bonds is 3. The normalized spacial score (nSPS) is 14.3. The Morgan fingerprint density at radius 3 is 2.83 bits per heavy atom. The summed E-state index contributed by atoms with van der Waals surface area (Å²) in [5.41, 5.74) is 4.39. The third kappa shape index (κ3) is 3.11. The van der Waals surface area contributed by atoms with E-state index in [1.54, 1.807) is 6.20 Å². The molecule has 0 saturated carbocycles. The van der Waals surface area contributed by atoms with Gasteiger partial charge in [0.2, 0.25) is 0 Å². The molecule has 3 heterocycles. The number of hydrogen-bond acceptors (Lipinski definition) is 5. The van der Waals surface area contributed by atoms with Crippen LogP contribution in [-0.2, 0) is 19.5 Å². The molecule has 120 valence electrons. The van der Waals surface area contributed by atoms with Crippen LogP contribution < -0.4 is 0 Å². The first-order valence-corrected chi connectivity index (χ1v) is 8.35. The van der Waals surface area contributed by atoms with Crippen LogP contribution in [0.15, 0.2) is 48.9 Å². The van der Waals surface area contributed by atoms with E-state index in [-0.39, 0.29) is 0 Å². The minimum absolute atomic E-state index is 0.662. The Labute approximate surface area is 145 Å². The highest BCUT2D eigenvalue weighted by Crippen LogP contribution is 2.22. The Morgan fingerprint density at radius 1 is 1.17 bits per heavy atom. The zero-order valence-corrected chi connectivity index (χ0v) is 14.0. The number of H-pyrrole nitrogens is 1. The number of aromatic amines is 1. The smallest absolute Gasteiger partial charge is 0.157 e. The van der Waals surface area contributed by atoms with E-state index < -0.39 is 0 Å². The second-order valence-corrected chi connectivity index (χ2v) is 6.28. The summed E-state index contributed by atoms with van der Waals surface area (Å²) in [6.45, 7) is 2.76. The molecule has 5 nitrogen and oxygen atoms in total. The maximum atomic E-state index is 5.54. The van der Waals surface area contributed by atoms with Crippen molar-refractivity contribution >= 4 is 12.2 Å². The van der Waals surface area contributed by atoms with Gasteiger partial charge in [-0.05, 0) is 11.6 Å². The van der Waals surface area contributed by atoms with Crippen LogP contribution in [0, 0.1) is 4.64 Å². The van der Waals surface area contributed by atoms with E-state index in [9.17, 15) is 0 Å². The molecule has 1 aliphatic rings. The molecular formula is C18H17N5S. The van der Waals surface area contributed by atoms with Gasteiger partial charge in [0.1, 0.15) is 16.7 Å². The van der Waals surface area contributed by atoms with Crippen molar-refractivity contribution in [2.24, 2.45) is 0 Å². The topological polar surface area (TPSA) is 57.7 Å². The molecule has 0 atom stereocenters. The Kier molecular flexibility index (Phi) is 4.15. The number of nitrogens with one attached hydrogen (secondary N) is 1. The average Bonchev–Trinajstić information content (AvgIpc) is 2.64. The third-order valence-corrected chi connectivity index (χ3v) is 4.58. The summed E-state index contributed by atoms with van der Waals surface area (Å²) < 4.78 is 0.662. The molecule has 2 aromatic heterocycles. The van der Waals surface area contributed by atoms with E-state index in [0.717, 1.165) is 43.1 Å². The maximum Gasteiger partial charge on any atom is 0.157 e. The lowest BCUT2D eigenvalue weighted by molar-refractivity contribution is 0.242. The SMILES string of the molecule is S=c1nc(-c2ccncn2)[nH]c2c1CN(Cc1ccccc1)CC2. The summed E-state index contributed by atoms with van der Waals surface area (Å²) in [7, 11) is 0. The van der Waals surface area contributed by atoms with Gasteiger partial charge >= 0.3 is 0 Å². The fourth-order valence-corrected chi connectivity index (χ4v) is 3.30. The number of aromatic nitrogens is 4. The number of fused-ring (bicyclic) bond motifs is 1. The molecule has 0 spiro atoms. The van der Waals surface area contributed by atoms with Gasteiger partial charge in [0.05, 0.1) is 0 Å². The van der Waals surface area contributed by atoms with E-state index in [1.807, 2.05) is 12.1 Å². The fourth-order valence-electron chi connectivity index (χ4n) is 3.02. The van der Waals surface area contributed by atoms with Gasteiger partial charge in [-0.15, -0.1) is 0 Å². The summed E-state index contributed by atoms with van der Waals surface area (Å²) in [6.07, 6.45) is 4.17. The molecule has 0 bridgehead atoms. The zero-order chi connectivity index (χ0) is 16.4. The Bertz CT molecular complexity index is 892. The van der Waals surface area contributed by atoms with Crippen molar-refractivity contribution in [1.82, 2.24) is 24.8 Å². The van der Waals surface area contributed by atoms with Gasteiger partial charge in [-0.2, -0.15) is 0 Å². The molecule has 6 heteroatoms. The second kappa shape index (κ2) is 6.59. The average molecular weight is 335 g/mol. The van der Waals surface area contributed by atoms with E-state index in [1.165, 1.54) is 17.6 Å². The van der Waals surface area contributed by atoms with Crippen LogP contribution in [-0.4, -0.2) is 31.4 Å². The number of benzene rings is 1. The molecule has 0 aliphatic carbocycles. The molecule has 0 saturated heterocycles. The first-order valence-electron chi connectivity index (χ1n) is 7.94. The van der Waals surface area contributed by atoms with Crippen LogP contribution in [0.2, 0.25) is 0 Å². The standard InChI is InChI=1S/C18H17N5S/c24-18-14-11-23(10-13-4-2-1-3-5-13)9-7-15(14)21-17(22-18)16-6-8-19-12-20-16/h1-6,8,12H,7,9-11H2,(H,21,22,24). The van der Waals surface area contributed by atoms with Crippen LogP contribution >= 0.6 is 12.2 Å². The van der Waals surface area contributed by atoms with Crippen molar-refractivity contribution in [2.45, 2.75) is 19.5 Å². The molecule has 0 radical (unpaired) electrons. The van der Waals surface area contributed by atoms with Crippen LogP contribution in [0.3, 0.4) is 0 Å². The lowest BCUT2D eigenvalue weighted by Crippen LogP contribution is -2.31. The van der Waals surface area contributed by atoms with E-state index >= 15 is 0 Å². The first-order chi connectivity index (χ1) is 11.8. The quantitative estimate of drug-likeness (QED) is 0.745. The van der Waals surface area contributed by atoms with E-state index in [0.29, 0.717) is 4.64 Å². The van der Waals surface area contributed by atoms with Crippen LogP contribution in [0.5, 0.6) is 0 Å². The van der Waals surface area contributed by atoms with E-state index in [4.69, 9.17) is 12.2 Å². The number of nitrogens with zero attached hydrogens (tertiary/aromatic N) is 4. The van der Waals surface area contributed by atoms with Gasteiger partial charge < -0.3 is 4.98 Å². The maximum absolute atomic E-state index is 5.54. The Balaban J connectivity index is 1.60. The zero-order valence-electron chi connectivity index (χ0n) is 13.1.